The molecule has 84 valence electrons. The molecule has 0 amide bonds. The van der Waals surface area contributed by atoms with Gasteiger partial charge in [-0.1, -0.05) is 23.8 Å². The Morgan fingerprint density at radius 2 is 2.31 bits per heavy atom. The standard InChI is InChI=1S/C8H9IN6O/c1-2-3-6-7(9)15(13-11-6)8(16)14-5-4-10-12-14/h4-5H,2-3H2,1H3. The van der Waals surface area contributed by atoms with E-state index in [1.807, 2.05) is 6.92 Å². The molecule has 0 radical (unpaired) electrons. The molecular weight excluding hydrogens is 323 g/mol. The normalized spacial score (nSPS) is 10.6. The fourth-order valence-electron chi connectivity index (χ4n) is 1.22. The maximum Gasteiger partial charge on any atom is 0.373 e. The highest BCUT2D eigenvalue weighted by atomic mass is 127. The van der Waals surface area contributed by atoms with Crippen LogP contribution in [0.1, 0.15) is 19.0 Å². The average Bonchev–Trinajstić information content (AvgIpc) is 2.89. The summed E-state index contributed by atoms with van der Waals surface area (Å²) in [5, 5.41) is 15.0. The summed E-state index contributed by atoms with van der Waals surface area (Å²) in [5.41, 5.74) is 0.830. The Bertz CT molecular complexity index is 491. The highest BCUT2D eigenvalue weighted by Gasteiger charge is 2.17. The van der Waals surface area contributed by atoms with Gasteiger partial charge in [0, 0.05) is 0 Å². The number of carbonyl (C=O) groups is 1. The second-order valence-electron chi connectivity index (χ2n) is 3.12. The second-order valence-corrected chi connectivity index (χ2v) is 4.14. The molecule has 0 fully saturated rings. The number of carbonyl (C=O) groups excluding carboxylic acids is 1. The lowest BCUT2D eigenvalue weighted by Crippen LogP contribution is -2.22. The van der Waals surface area contributed by atoms with Crippen LogP contribution >= 0.6 is 22.6 Å². The minimum Gasteiger partial charge on any atom is -0.243 e. The lowest BCUT2D eigenvalue weighted by molar-refractivity contribution is 0.236. The van der Waals surface area contributed by atoms with E-state index in [1.54, 1.807) is 0 Å². The van der Waals surface area contributed by atoms with Crippen LogP contribution in [0, 0.1) is 3.70 Å². The summed E-state index contributed by atoms with van der Waals surface area (Å²) in [5.74, 6) is 0. The Morgan fingerprint density at radius 1 is 1.50 bits per heavy atom. The van der Waals surface area contributed by atoms with Gasteiger partial charge in [-0.3, -0.25) is 0 Å². The minimum absolute atomic E-state index is 0.378. The molecule has 8 heteroatoms. The molecule has 0 aliphatic heterocycles. The van der Waals surface area contributed by atoms with Crippen molar-refractivity contribution in [1.82, 2.24) is 30.0 Å². The largest absolute Gasteiger partial charge is 0.373 e. The smallest absolute Gasteiger partial charge is 0.243 e. The van der Waals surface area contributed by atoms with Gasteiger partial charge in [0.15, 0.2) is 0 Å². The average molecular weight is 332 g/mol. The van der Waals surface area contributed by atoms with Gasteiger partial charge >= 0.3 is 6.03 Å². The number of rotatable bonds is 2. The predicted octanol–water partition coefficient (Wildman–Crippen LogP) is 0.943. The zero-order valence-electron chi connectivity index (χ0n) is 8.54. The summed E-state index contributed by atoms with van der Waals surface area (Å²) >= 11 is 2.06. The first kappa shape index (κ1) is 11.2. The van der Waals surface area contributed by atoms with Crippen LogP contribution in [0.4, 0.5) is 4.79 Å². The van der Waals surface area contributed by atoms with Crippen molar-refractivity contribution >= 4 is 28.6 Å². The van der Waals surface area contributed by atoms with Crippen molar-refractivity contribution in [3.8, 4) is 0 Å². The van der Waals surface area contributed by atoms with Gasteiger partial charge in [-0.05, 0) is 29.0 Å². The summed E-state index contributed by atoms with van der Waals surface area (Å²) in [4.78, 5) is 11.9. The Hall–Kier alpha value is -1.32. The number of aromatic nitrogens is 6. The van der Waals surface area contributed by atoms with Crippen LogP contribution in [0.5, 0.6) is 0 Å². The number of aryl methyl sites for hydroxylation is 1. The molecule has 0 saturated carbocycles. The number of hydrogen-bond acceptors (Lipinski definition) is 5. The van der Waals surface area contributed by atoms with Crippen LogP contribution in [-0.4, -0.2) is 36.0 Å². The van der Waals surface area contributed by atoms with Crippen LogP contribution in [0.3, 0.4) is 0 Å². The number of halogens is 1. The maximum atomic E-state index is 11.9. The van der Waals surface area contributed by atoms with E-state index in [4.69, 9.17) is 0 Å². The van der Waals surface area contributed by atoms with Gasteiger partial charge in [0.2, 0.25) is 0 Å². The lowest BCUT2D eigenvalue weighted by atomic mass is 10.3. The Kier molecular flexibility index (Phi) is 3.27. The fourth-order valence-corrected chi connectivity index (χ4v) is 1.90. The molecule has 2 rings (SSSR count). The molecule has 0 saturated heterocycles. The maximum absolute atomic E-state index is 11.9. The summed E-state index contributed by atoms with van der Waals surface area (Å²) in [6.45, 7) is 2.05. The second kappa shape index (κ2) is 4.68. The van der Waals surface area contributed by atoms with E-state index >= 15 is 0 Å². The molecule has 0 aromatic carbocycles. The minimum atomic E-state index is -0.378. The molecule has 2 heterocycles. The quantitative estimate of drug-likeness (QED) is 0.765. The van der Waals surface area contributed by atoms with Gasteiger partial charge < -0.3 is 0 Å². The van der Waals surface area contributed by atoms with Crippen molar-refractivity contribution in [2.45, 2.75) is 19.8 Å². The van der Waals surface area contributed by atoms with Crippen molar-refractivity contribution in [2.24, 2.45) is 0 Å². The van der Waals surface area contributed by atoms with Gasteiger partial charge in [-0.25, -0.2) is 4.79 Å². The van der Waals surface area contributed by atoms with Gasteiger partial charge in [0.1, 0.15) is 3.70 Å². The number of nitrogens with zero attached hydrogens (tertiary/aromatic N) is 6. The van der Waals surface area contributed by atoms with E-state index in [2.05, 4.69) is 43.2 Å². The fraction of sp³-hybridized carbons (Fsp3) is 0.375. The van der Waals surface area contributed by atoms with E-state index in [9.17, 15) is 4.79 Å². The van der Waals surface area contributed by atoms with Crippen molar-refractivity contribution < 1.29 is 4.79 Å². The molecule has 0 aliphatic rings. The summed E-state index contributed by atoms with van der Waals surface area (Å²) < 4.78 is 3.06. The van der Waals surface area contributed by atoms with E-state index in [1.165, 1.54) is 17.1 Å². The SMILES string of the molecule is CCCc1nnn(C(=O)n2ccnn2)c1I. The van der Waals surface area contributed by atoms with E-state index in [0.29, 0.717) is 0 Å². The van der Waals surface area contributed by atoms with Crippen molar-refractivity contribution in [2.75, 3.05) is 0 Å². The van der Waals surface area contributed by atoms with Crippen LogP contribution in [0.2, 0.25) is 0 Å². The predicted molar refractivity (Wildman–Crippen MR) is 62.9 cm³/mol. The zero-order valence-corrected chi connectivity index (χ0v) is 10.7. The summed E-state index contributed by atoms with van der Waals surface area (Å²) in [6.07, 6.45) is 4.68. The molecule has 2 aromatic rings. The molecule has 2 aromatic heterocycles. The van der Waals surface area contributed by atoms with E-state index in [0.717, 1.165) is 26.9 Å². The monoisotopic (exact) mass is 332 g/mol. The summed E-state index contributed by atoms with van der Waals surface area (Å²) in [6, 6.07) is -0.378. The van der Waals surface area contributed by atoms with Crippen molar-refractivity contribution in [3.63, 3.8) is 0 Å². The number of hydrogen-bond donors (Lipinski definition) is 0. The van der Waals surface area contributed by atoms with Crippen molar-refractivity contribution in [1.29, 1.82) is 0 Å². The third-order valence-electron chi connectivity index (χ3n) is 1.97. The molecule has 0 aliphatic carbocycles. The lowest BCUT2D eigenvalue weighted by Gasteiger charge is -1.99. The Labute approximate surface area is 105 Å². The van der Waals surface area contributed by atoms with Crippen LogP contribution < -0.4 is 0 Å². The molecule has 16 heavy (non-hydrogen) atoms. The van der Waals surface area contributed by atoms with Crippen LogP contribution in [-0.2, 0) is 6.42 Å². The highest BCUT2D eigenvalue weighted by molar-refractivity contribution is 14.1. The molecular formula is C8H9IN6O. The molecule has 0 atom stereocenters. The third-order valence-corrected chi connectivity index (χ3v) is 3.05. The van der Waals surface area contributed by atoms with Crippen LogP contribution in [0.15, 0.2) is 12.4 Å². The first-order chi connectivity index (χ1) is 7.74. The first-order valence-electron chi connectivity index (χ1n) is 4.75. The van der Waals surface area contributed by atoms with Crippen molar-refractivity contribution in [3.05, 3.63) is 21.8 Å². The van der Waals surface area contributed by atoms with Gasteiger partial charge in [0.05, 0.1) is 18.1 Å². The Morgan fingerprint density at radius 3 is 2.94 bits per heavy atom. The zero-order chi connectivity index (χ0) is 11.5. The van der Waals surface area contributed by atoms with Crippen LogP contribution in [0.25, 0.3) is 0 Å². The molecule has 0 bridgehead atoms. The summed E-state index contributed by atoms with van der Waals surface area (Å²) in [7, 11) is 0. The molecule has 0 N–H and O–H groups in total. The van der Waals surface area contributed by atoms with Gasteiger partial charge in [-0.15, -0.1) is 10.2 Å². The Balaban J connectivity index is 2.31. The third kappa shape index (κ3) is 1.96. The molecule has 7 nitrogen and oxygen atoms in total. The van der Waals surface area contributed by atoms with Gasteiger partial charge in [-0.2, -0.15) is 9.36 Å². The topological polar surface area (TPSA) is 78.5 Å². The molecule has 0 unspecified atom stereocenters. The first-order valence-corrected chi connectivity index (χ1v) is 5.83. The highest BCUT2D eigenvalue weighted by Crippen LogP contribution is 2.11. The van der Waals surface area contributed by atoms with E-state index < -0.39 is 0 Å². The van der Waals surface area contributed by atoms with Gasteiger partial charge in [0.25, 0.3) is 0 Å². The van der Waals surface area contributed by atoms with E-state index in [-0.39, 0.29) is 6.03 Å². The molecule has 0 spiro atoms.